The van der Waals surface area contributed by atoms with Gasteiger partial charge in [0.2, 0.25) is 0 Å². The molecule has 13 heavy (non-hydrogen) atoms. The quantitative estimate of drug-likeness (QED) is 0.444. The topological polar surface area (TPSA) is 48.8 Å². The highest BCUT2D eigenvalue weighted by molar-refractivity contribution is 9.10. The molecular weight excluding hydrogens is 237 g/mol. The van der Waals surface area contributed by atoms with Gasteiger partial charge in [-0.05, 0) is 29.6 Å². The number of benzene rings is 1. The van der Waals surface area contributed by atoms with Gasteiger partial charge >= 0.3 is 0 Å². The number of hydrogen-bond donors (Lipinski definition) is 0. The molecule has 0 saturated heterocycles. The van der Waals surface area contributed by atoms with Crippen LogP contribution in [0.25, 0.3) is 10.4 Å². The first-order valence-corrected chi connectivity index (χ1v) is 4.48. The lowest BCUT2D eigenvalue weighted by atomic mass is 10.1. The van der Waals surface area contributed by atoms with Gasteiger partial charge in [0.05, 0.1) is 0 Å². The first-order valence-electron chi connectivity index (χ1n) is 3.69. The third-order valence-electron chi connectivity index (χ3n) is 1.56. The summed E-state index contributed by atoms with van der Waals surface area (Å²) in [5, 5.41) is 3.33. The summed E-state index contributed by atoms with van der Waals surface area (Å²) in [4.78, 5) is 2.59. The van der Waals surface area contributed by atoms with Crippen LogP contribution in [0.5, 0.6) is 0 Å². The lowest BCUT2D eigenvalue weighted by Gasteiger charge is -2.00. The summed E-state index contributed by atoms with van der Waals surface area (Å²) >= 11 is 3.16. The van der Waals surface area contributed by atoms with E-state index in [1.807, 2.05) is 0 Å². The Morgan fingerprint density at radius 1 is 1.54 bits per heavy atom. The molecule has 0 heterocycles. The Labute approximate surface area is 83.3 Å². The fourth-order valence-electron chi connectivity index (χ4n) is 0.940. The zero-order valence-corrected chi connectivity index (χ0v) is 8.33. The summed E-state index contributed by atoms with van der Waals surface area (Å²) in [6, 6.07) is 4.83. The van der Waals surface area contributed by atoms with Gasteiger partial charge in [0.1, 0.15) is 5.82 Å². The van der Waals surface area contributed by atoms with Gasteiger partial charge in [-0.25, -0.2) is 4.39 Å². The molecule has 0 fully saturated rings. The third kappa shape index (κ3) is 3.05. The molecule has 68 valence electrons. The molecule has 0 aliphatic heterocycles. The van der Waals surface area contributed by atoms with Gasteiger partial charge in [0.15, 0.2) is 0 Å². The van der Waals surface area contributed by atoms with E-state index < -0.39 is 0 Å². The van der Waals surface area contributed by atoms with Crippen molar-refractivity contribution in [3.05, 3.63) is 44.5 Å². The molecule has 0 atom stereocenters. The smallest absolute Gasteiger partial charge is 0.127 e. The van der Waals surface area contributed by atoms with E-state index in [0.717, 1.165) is 0 Å². The van der Waals surface area contributed by atoms with Gasteiger partial charge in [-0.2, -0.15) is 0 Å². The molecule has 0 aliphatic rings. The largest absolute Gasteiger partial charge is 0.207 e. The van der Waals surface area contributed by atoms with E-state index in [1.54, 1.807) is 12.1 Å². The molecule has 0 unspecified atom stereocenters. The summed E-state index contributed by atoms with van der Waals surface area (Å²) in [5.41, 5.74) is 8.58. The number of hydrogen-bond acceptors (Lipinski definition) is 1. The van der Waals surface area contributed by atoms with E-state index in [4.69, 9.17) is 5.53 Å². The van der Waals surface area contributed by atoms with Crippen molar-refractivity contribution in [3.63, 3.8) is 0 Å². The van der Waals surface area contributed by atoms with E-state index in [-0.39, 0.29) is 12.4 Å². The molecule has 1 aromatic rings. The van der Waals surface area contributed by atoms with E-state index in [9.17, 15) is 4.39 Å². The number of halogens is 2. The average Bonchev–Trinajstić information content (AvgIpc) is 2.09. The van der Waals surface area contributed by atoms with Crippen molar-refractivity contribution < 1.29 is 4.39 Å². The van der Waals surface area contributed by atoms with Crippen molar-refractivity contribution in [3.8, 4) is 0 Å². The maximum Gasteiger partial charge on any atom is 0.127 e. The fourth-order valence-corrected chi connectivity index (χ4v) is 1.27. The summed E-state index contributed by atoms with van der Waals surface area (Å²) in [6.07, 6.45) is 0.434. The van der Waals surface area contributed by atoms with Crippen LogP contribution in [0.2, 0.25) is 0 Å². The maximum absolute atomic E-state index is 13.1. The lowest BCUT2D eigenvalue weighted by molar-refractivity contribution is 0.608. The Balaban J connectivity index is 2.71. The predicted octanol–water partition coefficient (Wildman–Crippen LogP) is 3.44. The Kier molecular flexibility index (Phi) is 3.73. The molecular formula is C8H7BrFN3. The average molecular weight is 244 g/mol. The second-order valence-electron chi connectivity index (χ2n) is 2.44. The standard InChI is InChI=1S/C8H7BrFN3/c9-7-2-1-6(8(10)5-7)3-4-12-13-11/h1-2,5H,3-4H2. The van der Waals surface area contributed by atoms with Crippen LogP contribution in [0.15, 0.2) is 27.8 Å². The molecule has 0 aliphatic carbocycles. The molecule has 0 bridgehead atoms. The zero-order chi connectivity index (χ0) is 9.68. The Bertz CT molecular complexity index is 347. The number of rotatable bonds is 3. The van der Waals surface area contributed by atoms with Crippen molar-refractivity contribution in [2.75, 3.05) is 6.54 Å². The summed E-state index contributed by atoms with van der Waals surface area (Å²) in [6.45, 7) is 0.287. The van der Waals surface area contributed by atoms with E-state index in [2.05, 4.69) is 26.0 Å². The first-order chi connectivity index (χ1) is 6.24. The minimum atomic E-state index is -0.275. The Morgan fingerprint density at radius 3 is 2.92 bits per heavy atom. The molecule has 1 rings (SSSR count). The fraction of sp³-hybridized carbons (Fsp3) is 0.250. The van der Waals surface area contributed by atoms with Crippen LogP contribution in [-0.4, -0.2) is 6.54 Å². The van der Waals surface area contributed by atoms with Gasteiger partial charge in [-0.1, -0.05) is 27.1 Å². The molecule has 5 heteroatoms. The minimum absolute atomic E-state index is 0.275. The molecule has 0 spiro atoms. The molecule has 0 saturated carbocycles. The molecule has 0 N–H and O–H groups in total. The van der Waals surface area contributed by atoms with Gasteiger partial charge < -0.3 is 0 Å². The predicted molar refractivity (Wildman–Crippen MR) is 51.8 cm³/mol. The molecule has 0 radical (unpaired) electrons. The van der Waals surface area contributed by atoms with Crippen molar-refractivity contribution in [2.45, 2.75) is 6.42 Å². The lowest BCUT2D eigenvalue weighted by Crippen LogP contribution is -1.92. The van der Waals surface area contributed by atoms with Crippen LogP contribution >= 0.6 is 15.9 Å². The van der Waals surface area contributed by atoms with Gasteiger partial charge in [-0.3, -0.25) is 0 Å². The first kappa shape index (κ1) is 10.0. The van der Waals surface area contributed by atoms with E-state index in [0.29, 0.717) is 16.5 Å². The summed E-state index contributed by atoms with van der Waals surface area (Å²) in [5.74, 6) is -0.275. The Hall–Kier alpha value is -1.06. The number of azide groups is 1. The Morgan fingerprint density at radius 2 is 2.31 bits per heavy atom. The summed E-state index contributed by atoms with van der Waals surface area (Å²) in [7, 11) is 0. The highest BCUT2D eigenvalue weighted by Crippen LogP contribution is 2.15. The summed E-state index contributed by atoms with van der Waals surface area (Å²) < 4.78 is 13.8. The second kappa shape index (κ2) is 4.84. The highest BCUT2D eigenvalue weighted by atomic mass is 79.9. The second-order valence-corrected chi connectivity index (χ2v) is 3.36. The van der Waals surface area contributed by atoms with Crippen LogP contribution in [0.1, 0.15) is 5.56 Å². The van der Waals surface area contributed by atoms with Crippen molar-refractivity contribution in [1.82, 2.24) is 0 Å². The highest BCUT2D eigenvalue weighted by Gasteiger charge is 2.00. The van der Waals surface area contributed by atoms with Crippen LogP contribution < -0.4 is 0 Å². The normalized spacial score (nSPS) is 9.38. The van der Waals surface area contributed by atoms with Crippen LogP contribution in [0, 0.1) is 5.82 Å². The van der Waals surface area contributed by atoms with Crippen LogP contribution in [0.4, 0.5) is 4.39 Å². The van der Waals surface area contributed by atoms with Gasteiger partial charge in [-0.15, -0.1) is 0 Å². The van der Waals surface area contributed by atoms with Crippen LogP contribution in [-0.2, 0) is 6.42 Å². The maximum atomic E-state index is 13.1. The molecule has 0 aromatic heterocycles. The molecule has 1 aromatic carbocycles. The molecule has 3 nitrogen and oxygen atoms in total. The zero-order valence-electron chi connectivity index (χ0n) is 6.74. The monoisotopic (exact) mass is 243 g/mol. The van der Waals surface area contributed by atoms with Crippen molar-refractivity contribution >= 4 is 15.9 Å². The van der Waals surface area contributed by atoms with E-state index in [1.165, 1.54) is 6.07 Å². The van der Waals surface area contributed by atoms with E-state index >= 15 is 0 Å². The van der Waals surface area contributed by atoms with Crippen LogP contribution in [0.3, 0.4) is 0 Å². The minimum Gasteiger partial charge on any atom is -0.207 e. The van der Waals surface area contributed by atoms with Gasteiger partial charge in [0, 0.05) is 15.9 Å². The number of nitrogens with zero attached hydrogens (tertiary/aromatic N) is 3. The third-order valence-corrected chi connectivity index (χ3v) is 2.05. The van der Waals surface area contributed by atoms with Crippen molar-refractivity contribution in [2.24, 2.45) is 5.11 Å². The molecule has 0 amide bonds. The van der Waals surface area contributed by atoms with Gasteiger partial charge in [0.25, 0.3) is 0 Å². The SMILES string of the molecule is [N-]=[N+]=NCCc1ccc(Br)cc1F. The van der Waals surface area contributed by atoms with Crippen molar-refractivity contribution in [1.29, 1.82) is 0 Å².